The molecule has 0 spiro atoms. The molecule has 1 N–H and O–H groups in total. The first-order valence-corrected chi connectivity index (χ1v) is 8.79. The zero-order chi connectivity index (χ0) is 15.5. The Hall–Kier alpha value is -1.38. The molecule has 0 radical (unpaired) electrons. The Morgan fingerprint density at radius 3 is 2.57 bits per heavy atom. The van der Waals surface area contributed by atoms with E-state index in [4.69, 9.17) is 5.26 Å². The van der Waals surface area contributed by atoms with Crippen molar-refractivity contribution >= 4 is 10.0 Å². The summed E-state index contributed by atoms with van der Waals surface area (Å²) < 4.78 is 27.6. The van der Waals surface area contributed by atoms with Crippen LogP contribution in [0.5, 0.6) is 0 Å². The Labute approximate surface area is 127 Å². The molecule has 1 unspecified atom stereocenters. The molecule has 0 saturated heterocycles. The van der Waals surface area contributed by atoms with Gasteiger partial charge < -0.3 is 0 Å². The van der Waals surface area contributed by atoms with E-state index in [0.29, 0.717) is 6.42 Å². The number of nitriles is 1. The Morgan fingerprint density at radius 2 is 2.00 bits per heavy atom. The molecule has 1 aromatic carbocycles. The fourth-order valence-electron chi connectivity index (χ4n) is 2.96. The van der Waals surface area contributed by atoms with Crippen LogP contribution in [0.2, 0.25) is 0 Å². The average Bonchev–Trinajstić information content (AvgIpc) is 2.38. The summed E-state index contributed by atoms with van der Waals surface area (Å²) in [7, 11) is -3.47. The minimum absolute atomic E-state index is 0.0116. The van der Waals surface area contributed by atoms with E-state index >= 15 is 0 Å². The lowest BCUT2D eigenvalue weighted by Crippen LogP contribution is -2.40. The first kappa shape index (κ1) is 16.0. The van der Waals surface area contributed by atoms with Gasteiger partial charge in [-0.15, -0.1) is 0 Å². The summed E-state index contributed by atoms with van der Waals surface area (Å²) in [6, 6.07) is 8.60. The zero-order valence-corrected chi connectivity index (χ0v) is 13.4. The van der Waals surface area contributed by atoms with Crippen molar-refractivity contribution < 1.29 is 8.42 Å². The van der Waals surface area contributed by atoms with Crippen molar-refractivity contribution in [3.05, 3.63) is 29.8 Å². The molecule has 1 atom stereocenters. The summed E-state index contributed by atoms with van der Waals surface area (Å²) in [6.45, 7) is 4.37. The predicted octanol–water partition coefficient (Wildman–Crippen LogP) is 3.00. The van der Waals surface area contributed by atoms with Crippen LogP contribution in [0.15, 0.2) is 29.2 Å². The molecule has 1 saturated carbocycles. The van der Waals surface area contributed by atoms with Crippen LogP contribution in [0.4, 0.5) is 0 Å². The lowest BCUT2D eigenvalue weighted by Gasteiger charge is -2.35. The minimum atomic E-state index is -3.47. The van der Waals surface area contributed by atoms with Gasteiger partial charge in [-0.05, 0) is 42.4 Å². The molecule has 5 heteroatoms. The fraction of sp³-hybridized carbons (Fsp3) is 0.562. The van der Waals surface area contributed by atoms with E-state index in [-0.39, 0.29) is 16.4 Å². The normalized spacial score (nSPS) is 21.7. The molecule has 1 aliphatic rings. The summed E-state index contributed by atoms with van der Waals surface area (Å²) in [5.74, 6) is 0. The van der Waals surface area contributed by atoms with E-state index in [2.05, 4.69) is 24.6 Å². The number of benzene rings is 1. The molecule has 1 fully saturated rings. The van der Waals surface area contributed by atoms with Gasteiger partial charge in [0.1, 0.15) is 0 Å². The number of sulfonamides is 1. The molecule has 1 aromatic rings. The van der Waals surface area contributed by atoms with Gasteiger partial charge in [-0.25, -0.2) is 13.1 Å². The quantitative estimate of drug-likeness (QED) is 0.929. The highest BCUT2D eigenvalue weighted by Crippen LogP contribution is 2.35. The average molecular weight is 306 g/mol. The molecule has 114 valence electrons. The second-order valence-electron chi connectivity index (χ2n) is 6.56. The molecular formula is C16H22N2O2S. The van der Waals surface area contributed by atoms with Crippen LogP contribution in [0.25, 0.3) is 0 Å². The third kappa shape index (κ3) is 4.29. The fourth-order valence-corrected chi connectivity index (χ4v) is 4.23. The lowest BCUT2D eigenvalue weighted by atomic mass is 9.75. The first-order chi connectivity index (χ1) is 9.82. The highest BCUT2D eigenvalue weighted by molar-refractivity contribution is 7.89. The molecule has 0 heterocycles. The highest BCUT2D eigenvalue weighted by Gasteiger charge is 2.30. The maximum Gasteiger partial charge on any atom is 0.240 e. The van der Waals surface area contributed by atoms with Gasteiger partial charge in [0.15, 0.2) is 0 Å². The topological polar surface area (TPSA) is 70.0 Å². The van der Waals surface area contributed by atoms with Crippen molar-refractivity contribution in [3.8, 4) is 6.07 Å². The Balaban J connectivity index is 2.09. The molecule has 1 aliphatic carbocycles. The molecule has 2 rings (SSSR count). The van der Waals surface area contributed by atoms with E-state index < -0.39 is 10.0 Å². The zero-order valence-electron chi connectivity index (χ0n) is 12.6. The van der Waals surface area contributed by atoms with Crippen LogP contribution in [-0.4, -0.2) is 14.5 Å². The third-order valence-corrected chi connectivity index (χ3v) is 5.58. The number of hydrogen-bond donors (Lipinski definition) is 1. The van der Waals surface area contributed by atoms with Gasteiger partial charge in [0.05, 0.1) is 17.4 Å². The highest BCUT2D eigenvalue weighted by atomic mass is 32.2. The summed E-state index contributed by atoms with van der Waals surface area (Å²) >= 11 is 0. The first-order valence-electron chi connectivity index (χ1n) is 7.31. The summed E-state index contributed by atoms with van der Waals surface area (Å²) in [5, 5.41) is 8.63. The van der Waals surface area contributed by atoms with Gasteiger partial charge in [-0.2, -0.15) is 5.26 Å². The monoisotopic (exact) mass is 306 g/mol. The van der Waals surface area contributed by atoms with Crippen molar-refractivity contribution in [1.29, 1.82) is 5.26 Å². The second kappa shape index (κ2) is 6.17. The van der Waals surface area contributed by atoms with E-state index in [9.17, 15) is 8.42 Å². The Morgan fingerprint density at radius 1 is 1.33 bits per heavy atom. The maximum absolute atomic E-state index is 12.4. The Kier molecular flexibility index (Phi) is 4.70. The number of nitrogens with one attached hydrogen (secondary N) is 1. The number of hydrogen-bond acceptors (Lipinski definition) is 3. The van der Waals surface area contributed by atoms with Crippen molar-refractivity contribution in [3.63, 3.8) is 0 Å². The van der Waals surface area contributed by atoms with Gasteiger partial charge in [-0.3, -0.25) is 0 Å². The van der Waals surface area contributed by atoms with Crippen molar-refractivity contribution in [1.82, 2.24) is 4.72 Å². The summed E-state index contributed by atoms with van der Waals surface area (Å²) in [6.07, 6.45) is 4.27. The van der Waals surface area contributed by atoms with E-state index in [0.717, 1.165) is 31.2 Å². The third-order valence-electron chi connectivity index (χ3n) is 4.04. The molecule has 0 aromatic heterocycles. The smallest absolute Gasteiger partial charge is 0.208 e. The second-order valence-corrected chi connectivity index (χ2v) is 8.27. The molecule has 0 amide bonds. The standard InChI is InChI=1S/C16H22N2O2S/c1-16(2)10-3-4-14(12-16)18-21(19,20)15-7-5-13(6-8-15)9-11-17/h5-8,14,18H,3-4,9-10,12H2,1-2H3. The molecule has 21 heavy (non-hydrogen) atoms. The van der Waals surface area contributed by atoms with Crippen LogP contribution >= 0.6 is 0 Å². The molecule has 0 aliphatic heterocycles. The van der Waals surface area contributed by atoms with Crippen molar-refractivity contribution in [2.24, 2.45) is 5.41 Å². The lowest BCUT2D eigenvalue weighted by molar-refractivity contribution is 0.212. The van der Waals surface area contributed by atoms with Gasteiger partial charge >= 0.3 is 0 Å². The number of nitrogens with zero attached hydrogens (tertiary/aromatic N) is 1. The SMILES string of the molecule is CC1(C)CCCC(NS(=O)(=O)c2ccc(CC#N)cc2)C1. The minimum Gasteiger partial charge on any atom is -0.208 e. The van der Waals surface area contributed by atoms with Crippen LogP contribution < -0.4 is 4.72 Å². The van der Waals surface area contributed by atoms with E-state index in [1.54, 1.807) is 24.3 Å². The van der Waals surface area contributed by atoms with E-state index in [1.165, 1.54) is 0 Å². The number of rotatable bonds is 4. The van der Waals surface area contributed by atoms with Gasteiger partial charge in [0.25, 0.3) is 0 Å². The molecule has 4 nitrogen and oxygen atoms in total. The molecular weight excluding hydrogens is 284 g/mol. The van der Waals surface area contributed by atoms with Crippen LogP contribution in [0, 0.1) is 16.7 Å². The molecule has 0 bridgehead atoms. The van der Waals surface area contributed by atoms with Crippen LogP contribution in [-0.2, 0) is 16.4 Å². The van der Waals surface area contributed by atoms with E-state index in [1.807, 2.05) is 0 Å². The van der Waals surface area contributed by atoms with Gasteiger partial charge in [0.2, 0.25) is 10.0 Å². The summed E-state index contributed by atoms with van der Waals surface area (Å²) in [5.41, 5.74) is 1.03. The van der Waals surface area contributed by atoms with Gasteiger partial charge in [-0.1, -0.05) is 32.4 Å². The van der Waals surface area contributed by atoms with Crippen molar-refractivity contribution in [2.75, 3.05) is 0 Å². The Bertz CT molecular complexity index is 627. The van der Waals surface area contributed by atoms with Crippen LogP contribution in [0.1, 0.15) is 45.1 Å². The van der Waals surface area contributed by atoms with Gasteiger partial charge in [0, 0.05) is 6.04 Å². The van der Waals surface area contributed by atoms with Crippen LogP contribution in [0.3, 0.4) is 0 Å². The van der Waals surface area contributed by atoms with Crippen molar-refractivity contribution in [2.45, 2.75) is 56.9 Å². The predicted molar refractivity (Wildman–Crippen MR) is 82.1 cm³/mol. The maximum atomic E-state index is 12.4. The largest absolute Gasteiger partial charge is 0.240 e. The summed E-state index contributed by atoms with van der Waals surface area (Å²) in [4.78, 5) is 0.271.